The molecule has 0 aliphatic carbocycles. The summed E-state index contributed by atoms with van der Waals surface area (Å²) in [6.45, 7) is 1.84. The van der Waals surface area contributed by atoms with E-state index in [9.17, 15) is 17.6 Å². The number of anilines is 2. The van der Waals surface area contributed by atoms with Crippen molar-refractivity contribution in [3.05, 3.63) is 83.7 Å². The van der Waals surface area contributed by atoms with Crippen LogP contribution in [0.1, 0.15) is 15.9 Å². The summed E-state index contributed by atoms with van der Waals surface area (Å²) in [5, 5.41) is 2.64. The highest BCUT2D eigenvalue weighted by molar-refractivity contribution is 7.92. The van der Waals surface area contributed by atoms with Gasteiger partial charge >= 0.3 is 0 Å². The summed E-state index contributed by atoms with van der Waals surface area (Å²) in [6.07, 6.45) is 0. The molecule has 150 valence electrons. The lowest BCUT2D eigenvalue weighted by atomic mass is 10.2. The minimum atomic E-state index is -3.85. The van der Waals surface area contributed by atoms with Crippen molar-refractivity contribution in [3.63, 3.8) is 0 Å². The molecule has 3 aromatic carbocycles. The largest absolute Gasteiger partial charge is 0.495 e. The van der Waals surface area contributed by atoms with Gasteiger partial charge in [0.15, 0.2) is 0 Å². The molecule has 0 saturated heterocycles. The Morgan fingerprint density at radius 3 is 2.24 bits per heavy atom. The van der Waals surface area contributed by atoms with Gasteiger partial charge in [0.05, 0.1) is 17.7 Å². The van der Waals surface area contributed by atoms with Gasteiger partial charge in [0.25, 0.3) is 15.9 Å². The standard InChI is InChI=1S/C21H19FN2O4S/c1-14-3-12-20(28-2)19(13-14)24-29(26,27)18-10-8-17(9-11-18)23-21(25)15-4-6-16(22)7-5-15/h3-13,24H,1-2H3,(H,23,25). The van der Waals surface area contributed by atoms with E-state index in [4.69, 9.17) is 4.74 Å². The predicted octanol–water partition coefficient (Wildman–Crippen LogP) is 4.20. The summed E-state index contributed by atoms with van der Waals surface area (Å²) >= 11 is 0. The second-order valence-electron chi connectivity index (χ2n) is 6.29. The Hall–Kier alpha value is -3.39. The molecular formula is C21H19FN2O4S. The molecule has 0 spiro atoms. The number of benzene rings is 3. The Labute approximate surface area is 168 Å². The van der Waals surface area contributed by atoms with Crippen molar-refractivity contribution >= 4 is 27.3 Å². The fraction of sp³-hybridized carbons (Fsp3) is 0.0952. The van der Waals surface area contributed by atoms with E-state index in [1.165, 1.54) is 55.6 Å². The second kappa shape index (κ2) is 8.32. The normalized spacial score (nSPS) is 11.0. The van der Waals surface area contributed by atoms with Crippen molar-refractivity contribution in [1.82, 2.24) is 0 Å². The maximum absolute atomic E-state index is 13.0. The molecule has 8 heteroatoms. The predicted molar refractivity (Wildman–Crippen MR) is 109 cm³/mol. The van der Waals surface area contributed by atoms with Crippen molar-refractivity contribution in [2.75, 3.05) is 17.1 Å². The third-order valence-electron chi connectivity index (χ3n) is 4.13. The number of hydrogen-bond acceptors (Lipinski definition) is 4. The number of amides is 1. The highest BCUT2D eigenvalue weighted by Gasteiger charge is 2.17. The molecule has 6 nitrogen and oxygen atoms in total. The van der Waals surface area contributed by atoms with E-state index in [0.29, 0.717) is 17.1 Å². The van der Waals surface area contributed by atoms with E-state index in [1.807, 2.05) is 13.0 Å². The summed E-state index contributed by atoms with van der Waals surface area (Å²) in [7, 11) is -2.39. The van der Waals surface area contributed by atoms with Crippen LogP contribution in [0, 0.1) is 12.7 Å². The first kappa shape index (κ1) is 20.3. The first-order chi connectivity index (χ1) is 13.8. The van der Waals surface area contributed by atoms with Gasteiger partial charge in [-0.05, 0) is 73.2 Å². The van der Waals surface area contributed by atoms with E-state index in [0.717, 1.165) is 5.56 Å². The maximum Gasteiger partial charge on any atom is 0.262 e. The van der Waals surface area contributed by atoms with E-state index in [2.05, 4.69) is 10.0 Å². The van der Waals surface area contributed by atoms with E-state index in [1.54, 1.807) is 12.1 Å². The zero-order chi connectivity index (χ0) is 21.0. The van der Waals surface area contributed by atoms with E-state index >= 15 is 0 Å². The molecule has 2 N–H and O–H groups in total. The monoisotopic (exact) mass is 414 g/mol. The zero-order valence-electron chi connectivity index (χ0n) is 15.8. The van der Waals surface area contributed by atoms with Crippen LogP contribution in [0.25, 0.3) is 0 Å². The quantitative estimate of drug-likeness (QED) is 0.633. The molecule has 0 radical (unpaired) electrons. The lowest BCUT2D eigenvalue weighted by molar-refractivity contribution is 0.102. The molecule has 0 atom stereocenters. The number of rotatable bonds is 6. The fourth-order valence-electron chi connectivity index (χ4n) is 2.63. The minimum absolute atomic E-state index is 0.0286. The smallest absolute Gasteiger partial charge is 0.262 e. The van der Waals surface area contributed by atoms with E-state index in [-0.39, 0.29) is 10.5 Å². The van der Waals surface area contributed by atoms with Gasteiger partial charge < -0.3 is 10.1 Å². The van der Waals surface area contributed by atoms with Crippen molar-refractivity contribution in [1.29, 1.82) is 0 Å². The molecule has 1 amide bonds. The number of aryl methyl sites for hydroxylation is 1. The first-order valence-corrected chi connectivity index (χ1v) is 10.1. The Morgan fingerprint density at radius 1 is 0.966 bits per heavy atom. The number of hydrogen-bond donors (Lipinski definition) is 2. The van der Waals surface area contributed by atoms with Gasteiger partial charge in [0.1, 0.15) is 11.6 Å². The average Bonchev–Trinajstić information content (AvgIpc) is 2.69. The van der Waals surface area contributed by atoms with Crippen LogP contribution < -0.4 is 14.8 Å². The van der Waals surface area contributed by atoms with Crippen LogP contribution >= 0.6 is 0 Å². The molecule has 0 aliphatic rings. The van der Waals surface area contributed by atoms with Crippen molar-refractivity contribution in [3.8, 4) is 5.75 Å². The molecule has 0 bridgehead atoms. The first-order valence-electron chi connectivity index (χ1n) is 8.63. The molecular weight excluding hydrogens is 395 g/mol. The highest BCUT2D eigenvalue weighted by atomic mass is 32.2. The number of sulfonamides is 1. The summed E-state index contributed by atoms with van der Waals surface area (Å²) in [5.74, 6) is -0.459. The highest BCUT2D eigenvalue weighted by Crippen LogP contribution is 2.28. The molecule has 3 aromatic rings. The Kier molecular flexibility index (Phi) is 5.84. The third kappa shape index (κ3) is 4.91. The van der Waals surface area contributed by atoms with Gasteiger partial charge in [-0.3, -0.25) is 9.52 Å². The fourth-order valence-corrected chi connectivity index (χ4v) is 3.69. The molecule has 0 fully saturated rings. The number of nitrogens with one attached hydrogen (secondary N) is 2. The third-order valence-corrected chi connectivity index (χ3v) is 5.51. The molecule has 0 aliphatic heterocycles. The Bertz CT molecular complexity index is 1130. The molecule has 3 rings (SSSR count). The van der Waals surface area contributed by atoms with Crippen LogP contribution in [0.15, 0.2) is 71.6 Å². The van der Waals surface area contributed by atoms with Crippen LogP contribution in [0.4, 0.5) is 15.8 Å². The van der Waals surface area contributed by atoms with Crippen LogP contribution in [-0.2, 0) is 10.0 Å². The lowest BCUT2D eigenvalue weighted by Gasteiger charge is -2.13. The Balaban J connectivity index is 1.76. The van der Waals surface area contributed by atoms with Crippen LogP contribution in [0.5, 0.6) is 5.75 Å². The average molecular weight is 414 g/mol. The number of carbonyl (C=O) groups is 1. The molecule has 0 saturated carbocycles. The summed E-state index contributed by atoms with van der Waals surface area (Å²) < 4.78 is 46.0. The molecule has 29 heavy (non-hydrogen) atoms. The number of halogens is 1. The lowest BCUT2D eigenvalue weighted by Crippen LogP contribution is -2.14. The van der Waals surface area contributed by atoms with Gasteiger partial charge in [0, 0.05) is 11.3 Å². The SMILES string of the molecule is COc1ccc(C)cc1NS(=O)(=O)c1ccc(NC(=O)c2ccc(F)cc2)cc1. The molecule has 0 aromatic heterocycles. The molecule has 0 heterocycles. The minimum Gasteiger partial charge on any atom is -0.495 e. The summed E-state index contributed by atoms with van der Waals surface area (Å²) in [6, 6.07) is 16.0. The van der Waals surface area contributed by atoms with Gasteiger partial charge in [-0.1, -0.05) is 6.07 Å². The number of ether oxygens (including phenoxy) is 1. The van der Waals surface area contributed by atoms with Crippen molar-refractivity contribution in [2.45, 2.75) is 11.8 Å². The zero-order valence-corrected chi connectivity index (χ0v) is 16.6. The van der Waals surface area contributed by atoms with Crippen LogP contribution in [0.2, 0.25) is 0 Å². The Morgan fingerprint density at radius 2 is 1.62 bits per heavy atom. The summed E-state index contributed by atoms with van der Waals surface area (Å²) in [4.78, 5) is 12.2. The topological polar surface area (TPSA) is 84.5 Å². The van der Waals surface area contributed by atoms with Crippen molar-refractivity contribution < 1.29 is 22.3 Å². The molecule has 0 unspecified atom stereocenters. The van der Waals surface area contributed by atoms with Gasteiger partial charge in [-0.2, -0.15) is 0 Å². The van der Waals surface area contributed by atoms with Gasteiger partial charge in [0.2, 0.25) is 0 Å². The number of carbonyl (C=O) groups excluding carboxylic acids is 1. The van der Waals surface area contributed by atoms with Crippen LogP contribution in [-0.4, -0.2) is 21.4 Å². The van der Waals surface area contributed by atoms with Crippen molar-refractivity contribution in [2.24, 2.45) is 0 Å². The van der Waals surface area contributed by atoms with E-state index < -0.39 is 21.7 Å². The van der Waals surface area contributed by atoms with Gasteiger partial charge in [-0.25, -0.2) is 12.8 Å². The van der Waals surface area contributed by atoms with Gasteiger partial charge in [-0.15, -0.1) is 0 Å². The summed E-state index contributed by atoms with van der Waals surface area (Å²) in [5.41, 5.74) is 1.91. The number of methoxy groups -OCH3 is 1. The second-order valence-corrected chi connectivity index (χ2v) is 7.98. The van der Waals surface area contributed by atoms with Crippen LogP contribution in [0.3, 0.4) is 0 Å². The maximum atomic E-state index is 13.0.